The highest BCUT2D eigenvalue weighted by Gasteiger charge is 2.17. The van der Waals surface area contributed by atoms with E-state index in [2.05, 4.69) is 20.8 Å². The highest BCUT2D eigenvalue weighted by atomic mass is 35.5. The number of hydrogen-bond acceptors (Lipinski definition) is 7. The van der Waals surface area contributed by atoms with Crippen LogP contribution in [0.25, 0.3) is 0 Å². The van der Waals surface area contributed by atoms with Gasteiger partial charge < -0.3 is 19.8 Å². The van der Waals surface area contributed by atoms with E-state index in [0.717, 1.165) is 12.8 Å². The minimum absolute atomic E-state index is 0.0331. The lowest BCUT2D eigenvalue weighted by atomic mass is 9.95. The van der Waals surface area contributed by atoms with Crippen molar-refractivity contribution < 1.29 is 18.7 Å². The van der Waals surface area contributed by atoms with Gasteiger partial charge in [0.05, 0.1) is 12.3 Å². The van der Waals surface area contributed by atoms with Crippen molar-refractivity contribution in [2.45, 2.75) is 49.9 Å². The Hall–Kier alpha value is -2.26. The van der Waals surface area contributed by atoms with Crippen molar-refractivity contribution in [2.24, 2.45) is 0 Å². The van der Waals surface area contributed by atoms with Gasteiger partial charge in [0.1, 0.15) is 5.75 Å². The van der Waals surface area contributed by atoms with E-state index < -0.39 is 0 Å². The van der Waals surface area contributed by atoms with Crippen LogP contribution in [-0.2, 0) is 16.1 Å². The van der Waals surface area contributed by atoms with E-state index in [1.807, 2.05) is 0 Å². The lowest BCUT2D eigenvalue weighted by Crippen LogP contribution is -2.37. The maximum atomic E-state index is 12.0. The summed E-state index contributed by atoms with van der Waals surface area (Å²) in [5, 5.41) is 14.3. The third-order valence-electron chi connectivity index (χ3n) is 4.37. The van der Waals surface area contributed by atoms with Crippen molar-refractivity contribution in [1.82, 2.24) is 20.8 Å². The number of halogens is 1. The molecule has 1 saturated carbocycles. The molecule has 29 heavy (non-hydrogen) atoms. The molecule has 1 aromatic heterocycles. The molecule has 2 amide bonds. The molecule has 1 heterocycles. The van der Waals surface area contributed by atoms with Gasteiger partial charge in [0.2, 0.25) is 11.8 Å². The predicted octanol–water partition coefficient (Wildman–Crippen LogP) is 2.96. The molecule has 0 bridgehead atoms. The Kier molecular flexibility index (Phi) is 8.18. The van der Waals surface area contributed by atoms with Crippen molar-refractivity contribution in [3.8, 4) is 5.75 Å². The number of nitrogens with zero attached hydrogens (tertiary/aromatic N) is 2. The molecule has 1 fully saturated rings. The summed E-state index contributed by atoms with van der Waals surface area (Å²) >= 11 is 6.98. The Morgan fingerprint density at radius 1 is 1.14 bits per heavy atom. The van der Waals surface area contributed by atoms with E-state index in [-0.39, 0.29) is 42.7 Å². The number of rotatable bonds is 9. The Bertz CT molecular complexity index is 809. The summed E-state index contributed by atoms with van der Waals surface area (Å²) in [6.07, 6.45) is 5.67. The fraction of sp³-hybridized carbons (Fsp3) is 0.474. The second-order valence-electron chi connectivity index (χ2n) is 6.67. The summed E-state index contributed by atoms with van der Waals surface area (Å²) in [5.74, 6) is 0.681. The molecule has 8 nitrogen and oxygen atoms in total. The molecule has 0 radical (unpaired) electrons. The zero-order valence-electron chi connectivity index (χ0n) is 15.9. The van der Waals surface area contributed by atoms with Crippen LogP contribution in [0.15, 0.2) is 33.9 Å². The standard InChI is InChI=1S/C19H23ClN4O4S/c20-13-6-8-15(9-7-13)27-11-16(25)21-10-18-23-24-19(28-18)29-12-17(26)22-14-4-2-1-3-5-14/h6-9,14H,1-5,10-12H2,(H,21,25)(H,22,26). The van der Waals surface area contributed by atoms with Crippen molar-refractivity contribution in [3.63, 3.8) is 0 Å². The van der Waals surface area contributed by atoms with Crippen molar-refractivity contribution in [1.29, 1.82) is 0 Å². The molecule has 0 unspecified atom stereocenters. The van der Waals surface area contributed by atoms with Crippen LogP contribution in [0.4, 0.5) is 0 Å². The van der Waals surface area contributed by atoms with E-state index in [1.54, 1.807) is 24.3 Å². The van der Waals surface area contributed by atoms with Gasteiger partial charge >= 0.3 is 0 Å². The van der Waals surface area contributed by atoms with Crippen LogP contribution in [0.5, 0.6) is 5.75 Å². The summed E-state index contributed by atoms with van der Waals surface area (Å²) in [6.45, 7) is -0.0522. The highest BCUT2D eigenvalue weighted by Crippen LogP contribution is 2.19. The molecule has 10 heteroatoms. The van der Waals surface area contributed by atoms with Gasteiger partial charge in [-0.1, -0.05) is 42.6 Å². The van der Waals surface area contributed by atoms with Crippen LogP contribution in [0.3, 0.4) is 0 Å². The summed E-state index contributed by atoms with van der Waals surface area (Å²) < 4.78 is 10.8. The molecule has 1 aromatic carbocycles. The van der Waals surface area contributed by atoms with Gasteiger partial charge in [0.15, 0.2) is 6.61 Å². The number of aromatic nitrogens is 2. The number of benzene rings is 1. The van der Waals surface area contributed by atoms with Crippen LogP contribution >= 0.6 is 23.4 Å². The number of thioether (sulfide) groups is 1. The van der Waals surface area contributed by atoms with Gasteiger partial charge in [0.25, 0.3) is 11.1 Å². The Morgan fingerprint density at radius 3 is 2.66 bits per heavy atom. The van der Waals surface area contributed by atoms with E-state index in [9.17, 15) is 9.59 Å². The first-order chi connectivity index (χ1) is 14.1. The molecule has 1 aliphatic carbocycles. The zero-order valence-corrected chi connectivity index (χ0v) is 17.4. The first kappa shape index (κ1) is 21.4. The summed E-state index contributed by atoms with van der Waals surface area (Å²) in [4.78, 5) is 23.9. The Labute approximate surface area is 178 Å². The predicted molar refractivity (Wildman–Crippen MR) is 109 cm³/mol. The SMILES string of the molecule is O=C(COc1ccc(Cl)cc1)NCc1nnc(SCC(=O)NC2CCCCC2)o1. The van der Waals surface area contributed by atoms with Gasteiger partial charge in [-0.25, -0.2) is 0 Å². The van der Waals surface area contributed by atoms with Gasteiger partial charge in [-0.05, 0) is 37.1 Å². The molecule has 0 atom stereocenters. The van der Waals surface area contributed by atoms with Gasteiger partial charge in [-0.3, -0.25) is 9.59 Å². The van der Waals surface area contributed by atoms with Gasteiger partial charge in [-0.2, -0.15) is 0 Å². The monoisotopic (exact) mass is 438 g/mol. The van der Waals surface area contributed by atoms with Crippen LogP contribution < -0.4 is 15.4 Å². The number of ether oxygens (including phenoxy) is 1. The number of amides is 2. The lowest BCUT2D eigenvalue weighted by Gasteiger charge is -2.22. The fourth-order valence-corrected chi connectivity index (χ4v) is 3.63. The largest absolute Gasteiger partial charge is 0.484 e. The quantitative estimate of drug-likeness (QED) is 0.579. The molecular formula is C19H23ClN4O4S. The second kappa shape index (κ2) is 11.1. The fourth-order valence-electron chi connectivity index (χ4n) is 2.92. The number of carbonyl (C=O) groups is 2. The lowest BCUT2D eigenvalue weighted by molar-refractivity contribution is -0.123. The van der Waals surface area contributed by atoms with Crippen LogP contribution in [-0.4, -0.2) is 40.4 Å². The van der Waals surface area contributed by atoms with Crippen molar-refractivity contribution in [3.05, 3.63) is 35.2 Å². The van der Waals surface area contributed by atoms with Gasteiger partial charge in [-0.15, -0.1) is 10.2 Å². The highest BCUT2D eigenvalue weighted by molar-refractivity contribution is 7.99. The first-order valence-corrected chi connectivity index (χ1v) is 10.8. The number of nitrogens with one attached hydrogen (secondary N) is 2. The van der Waals surface area contributed by atoms with Gasteiger partial charge in [0, 0.05) is 11.1 Å². The van der Waals surface area contributed by atoms with Crippen LogP contribution in [0.2, 0.25) is 5.02 Å². The number of hydrogen-bond donors (Lipinski definition) is 2. The van der Waals surface area contributed by atoms with Crippen LogP contribution in [0, 0.1) is 0 Å². The summed E-state index contributed by atoms with van der Waals surface area (Å²) in [5.41, 5.74) is 0. The second-order valence-corrected chi connectivity index (χ2v) is 8.04. The molecule has 0 aliphatic heterocycles. The molecular weight excluding hydrogens is 416 g/mol. The summed E-state index contributed by atoms with van der Waals surface area (Å²) in [6, 6.07) is 7.01. The molecule has 2 aromatic rings. The third-order valence-corrected chi connectivity index (χ3v) is 5.44. The third kappa shape index (κ3) is 7.58. The van der Waals surface area contributed by atoms with E-state index in [1.165, 1.54) is 31.0 Å². The molecule has 0 spiro atoms. The van der Waals surface area contributed by atoms with E-state index in [0.29, 0.717) is 16.0 Å². The maximum Gasteiger partial charge on any atom is 0.277 e. The average molecular weight is 439 g/mol. The molecule has 2 N–H and O–H groups in total. The maximum absolute atomic E-state index is 12.0. The normalized spacial score (nSPS) is 14.4. The first-order valence-electron chi connectivity index (χ1n) is 9.48. The number of carbonyl (C=O) groups excluding carboxylic acids is 2. The van der Waals surface area contributed by atoms with E-state index >= 15 is 0 Å². The minimum Gasteiger partial charge on any atom is -0.484 e. The Morgan fingerprint density at radius 2 is 1.90 bits per heavy atom. The molecule has 0 saturated heterocycles. The Balaban J connectivity index is 1.33. The minimum atomic E-state index is -0.320. The molecule has 156 valence electrons. The van der Waals surface area contributed by atoms with Crippen LogP contribution in [0.1, 0.15) is 38.0 Å². The zero-order chi connectivity index (χ0) is 20.5. The van der Waals surface area contributed by atoms with Crippen molar-refractivity contribution >= 4 is 35.2 Å². The smallest absolute Gasteiger partial charge is 0.277 e. The average Bonchev–Trinajstić information content (AvgIpc) is 3.19. The van der Waals surface area contributed by atoms with Crippen molar-refractivity contribution in [2.75, 3.05) is 12.4 Å². The summed E-state index contributed by atoms with van der Waals surface area (Å²) in [7, 11) is 0. The van der Waals surface area contributed by atoms with E-state index in [4.69, 9.17) is 20.8 Å². The molecule has 1 aliphatic rings. The molecule has 3 rings (SSSR count). The topological polar surface area (TPSA) is 106 Å².